The Morgan fingerprint density at radius 2 is 2.03 bits per heavy atom. The van der Waals surface area contributed by atoms with Crippen LogP contribution in [0.15, 0.2) is 39.9 Å². The summed E-state index contributed by atoms with van der Waals surface area (Å²) in [7, 11) is -1.92. The molecule has 1 aliphatic heterocycles. The number of hydrogen-bond donors (Lipinski definition) is 3. The number of fused-ring (bicyclic) bond motifs is 1. The van der Waals surface area contributed by atoms with E-state index < -0.39 is 16.1 Å². The normalized spacial score (nSPS) is 23.0. The highest BCUT2D eigenvalue weighted by Crippen LogP contribution is 2.30. The van der Waals surface area contributed by atoms with E-state index in [-0.39, 0.29) is 46.1 Å². The van der Waals surface area contributed by atoms with Crippen molar-refractivity contribution in [1.82, 2.24) is 10.2 Å². The second kappa shape index (κ2) is 13.6. The van der Waals surface area contributed by atoms with Crippen LogP contribution in [0.3, 0.4) is 0 Å². The van der Waals surface area contributed by atoms with Crippen molar-refractivity contribution in [1.29, 1.82) is 0 Å². The summed E-state index contributed by atoms with van der Waals surface area (Å²) >= 11 is 1.11. The Labute approximate surface area is 224 Å². The first kappa shape index (κ1) is 29.4. The summed E-state index contributed by atoms with van der Waals surface area (Å²) in [6.45, 7) is 7.17. The number of aliphatic hydroxyl groups excluding tert-OH is 1. The van der Waals surface area contributed by atoms with Crippen LogP contribution >= 0.6 is 11.3 Å². The average molecular weight is 554 g/mol. The Kier molecular flexibility index (Phi) is 10.8. The Hall–Kier alpha value is -2.18. The molecular weight excluding hydrogens is 514 g/mol. The molecule has 3 rings (SSSR count). The summed E-state index contributed by atoms with van der Waals surface area (Å²) in [5.74, 6) is 0.0321. The third kappa shape index (κ3) is 7.90. The van der Waals surface area contributed by atoms with E-state index in [0.29, 0.717) is 25.4 Å². The lowest BCUT2D eigenvalue weighted by Gasteiger charge is -2.34. The molecule has 0 unspecified atom stereocenters. The molecule has 0 saturated carbocycles. The van der Waals surface area contributed by atoms with Crippen LogP contribution in [0.4, 0.5) is 5.69 Å². The van der Waals surface area contributed by atoms with Crippen molar-refractivity contribution in [2.45, 2.75) is 62.5 Å². The summed E-state index contributed by atoms with van der Waals surface area (Å²) in [6.07, 6.45) is 2.33. The van der Waals surface area contributed by atoms with E-state index >= 15 is 0 Å². The quantitative estimate of drug-likeness (QED) is 0.480. The van der Waals surface area contributed by atoms with Crippen LogP contribution in [-0.2, 0) is 14.8 Å². The number of carbonyl (C=O) groups excluding carboxylic acids is 1. The van der Waals surface area contributed by atoms with Gasteiger partial charge in [0.15, 0.2) is 0 Å². The predicted octanol–water partition coefficient (Wildman–Crippen LogP) is 3.56. The number of nitrogens with one attached hydrogen (secondary N) is 2. The zero-order valence-corrected chi connectivity index (χ0v) is 23.6. The first-order valence-electron chi connectivity index (χ1n) is 12.7. The minimum Gasteiger partial charge on any atom is -0.490 e. The van der Waals surface area contributed by atoms with Crippen molar-refractivity contribution in [3.05, 3.63) is 41.3 Å². The number of sulfonamides is 1. The summed E-state index contributed by atoms with van der Waals surface area (Å²) in [5.41, 5.74) is 0.507. The van der Waals surface area contributed by atoms with Crippen LogP contribution in [0.1, 0.15) is 50.4 Å². The maximum Gasteiger partial charge on any atom is 0.271 e. The molecule has 1 amide bonds. The smallest absolute Gasteiger partial charge is 0.271 e. The van der Waals surface area contributed by atoms with Gasteiger partial charge in [-0.15, -0.1) is 11.3 Å². The van der Waals surface area contributed by atoms with Gasteiger partial charge in [0.1, 0.15) is 9.96 Å². The molecule has 4 atom stereocenters. The Balaban J connectivity index is 2.01. The summed E-state index contributed by atoms with van der Waals surface area (Å²) in [6, 6.07) is 7.49. The Morgan fingerprint density at radius 3 is 2.70 bits per heavy atom. The largest absolute Gasteiger partial charge is 0.490 e. The first-order valence-corrected chi connectivity index (χ1v) is 15.1. The van der Waals surface area contributed by atoms with Crippen molar-refractivity contribution < 1.29 is 27.8 Å². The van der Waals surface area contributed by atoms with E-state index in [1.165, 1.54) is 12.1 Å². The minimum atomic E-state index is -3.79. The van der Waals surface area contributed by atoms with E-state index in [1.54, 1.807) is 35.4 Å². The third-order valence-electron chi connectivity index (χ3n) is 6.47. The lowest BCUT2D eigenvalue weighted by atomic mass is 10.0. The fraction of sp³-hybridized carbons (Fsp3) is 0.577. The zero-order chi connectivity index (χ0) is 27.0. The number of amides is 1. The molecule has 206 valence electrons. The second-order valence-corrected chi connectivity index (χ2v) is 12.5. The third-order valence-corrected chi connectivity index (χ3v) is 9.25. The molecule has 1 aromatic heterocycles. The number of ether oxygens (including phenoxy) is 2. The summed E-state index contributed by atoms with van der Waals surface area (Å²) in [4.78, 5) is 15.6. The van der Waals surface area contributed by atoms with Crippen LogP contribution in [0.25, 0.3) is 0 Å². The van der Waals surface area contributed by atoms with Gasteiger partial charge in [0.05, 0.1) is 30.4 Å². The highest BCUT2D eigenvalue weighted by atomic mass is 32.2. The van der Waals surface area contributed by atoms with Gasteiger partial charge in [-0.3, -0.25) is 9.52 Å². The SMILES string of the molecule is CNC[C@@H]1OCCCC[C@H](C)Oc2ccc(NS(=O)(=O)c3cccs3)cc2C(=O)N([C@@H](C)CO)C[C@@H]1C. The molecule has 0 fully saturated rings. The molecule has 11 heteroatoms. The summed E-state index contributed by atoms with van der Waals surface area (Å²) < 4.78 is 40.8. The van der Waals surface area contributed by atoms with Crippen LogP contribution in [0.5, 0.6) is 5.75 Å². The number of carbonyl (C=O) groups is 1. The molecule has 0 spiro atoms. The number of rotatable bonds is 7. The first-order chi connectivity index (χ1) is 17.7. The lowest BCUT2D eigenvalue weighted by molar-refractivity contribution is -0.000450. The topological polar surface area (TPSA) is 117 Å². The maximum atomic E-state index is 14.0. The molecule has 0 bridgehead atoms. The monoisotopic (exact) mass is 553 g/mol. The molecule has 0 aliphatic carbocycles. The van der Waals surface area contributed by atoms with E-state index in [1.807, 2.05) is 20.9 Å². The second-order valence-electron chi connectivity index (χ2n) is 9.61. The summed E-state index contributed by atoms with van der Waals surface area (Å²) in [5, 5.41) is 14.8. The zero-order valence-electron chi connectivity index (χ0n) is 22.0. The molecule has 2 heterocycles. The molecule has 3 N–H and O–H groups in total. The Bertz CT molecular complexity index is 1110. The van der Waals surface area contributed by atoms with Gasteiger partial charge >= 0.3 is 0 Å². The van der Waals surface area contributed by atoms with Crippen LogP contribution in [-0.4, -0.2) is 75.9 Å². The maximum absolute atomic E-state index is 14.0. The van der Waals surface area contributed by atoms with Gasteiger partial charge in [-0.2, -0.15) is 0 Å². The van der Waals surface area contributed by atoms with Crippen LogP contribution < -0.4 is 14.8 Å². The van der Waals surface area contributed by atoms with Crippen molar-refractivity contribution >= 4 is 33.0 Å². The van der Waals surface area contributed by atoms with Gasteiger partial charge in [-0.05, 0) is 69.8 Å². The average Bonchev–Trinajstić information content (AvgIpc) is 3.42. The number of nitrogens with zero attached hydrogens (tertiary/aromatic N) is 1. The van der Waals surface area contributed by atoms with Crippen molar-refractivity contribution in [2.24, 2.45) is 5.92 Å². The molecular formula is C26H39N3O6S2. The number of hydrogen-bond acceptors (Lipinski definition) is 8. The molecule has 1 aromatic carbocycles. The van der Waals surface area contributed by atoms with Gasteiger partial charge in [-0.1, -0.05) is 13.0 Å². The van der Waals surface area contributed by atoms with Gasteiger partial charge in [0, 0.05) is 31.3 Å². The van der Waals surface area contributed by atoms with Crippen LogP contribution in [0, 0.1) is 5.92 Å². The highest BCUT2D eigenvalue weighted by Gasteiger charge is 2.30. The molecule has 0 saturated heterocycles. The number of likely N-dealkylation sites (N-methyl/N-ethyl adjacent to an activating group) is 1. The number of aliphatic hydroxyl groups is 1. The van der Waals surface area contributed by atoms with E-state index in [2.05, 4.69) is 10.0 Å². The van der Waals surface area contributed by atoms with Crippen LogP contribution in [0.2, 0.25) is 0 Å². The molecule has 0 radical (unpaired) electrons. The molecule has 37 heavy (non-hydrogen) atoms. The Morgan fingerprint density at radius 1 is 1.24 bits per heavy atom. The highest BCUT2D eigenvalue weighted by molar-refractivity contribution is 7.94. The predicted molar refractivity (Wildman–Crippen MR) is 146 cm³/mol. The van der Waals surface area contributed by atoms with Gasteiger partial charge < -0.3 is 24.8 Å². The standard InChI is InChI=1S/C26H39N3O6S2/c1-18-16-29(19(2)17-30)26(31)22-14-21(28-37(32,33)25-9-7-13-36-25)10-11-23(22)35-20(3)8-5-6-12-34-24(18)15-27-4/h7,9-11,13-14,18-20,24,27-28,30H,5-6,8,12,15-17H2,1-4H3/t18-,19-,20-,24-/m0/s1. The fourth-order valence-electron chi connectivity index (χ4n) is 4.30. The van der Waals surface area contributed by atoms with E-state index in [0.717, 1.165) is 30.6 Å². The van der Waals surface area contributed by atoms with Crippen molar-refractivity contribution in [2.75, 3.05) is 38.1 Å². The fourth-order valence-corrected chi connectivity index (χ4v) is 6.34. The number of thiophene rings is 1. The van der Waals surface area contributed by atoms with Gasteiger partial charge in [0.2, 0.25) is 0 Å². The van der Waals surface area contributed by atoms with Crippen molar-refractivity contribution in [3.63, 3.8) is 0 Å². The lowest BCUT2D eigenvalue weighted by Crippen LogP contribution is -2.47. The molecule has 2 aromatic rings. The number of anilines is 1. The van der Waals surface area contributed by atoms with E-state index in [9.17, 15) is 18.3 Å². The molecule has 1 aliphatic rings. The van der Waals surface area contributed by atoms with Gasteiger partial charge in [0.25, 0.3) is 15.9 Å². The molecule has 9 nitrogen and oxygen atoms in total. The van der Waals surface area contributed by atoms with Crippen molar-refractivity contribution in [3.8, 4) is 5.75 Å². The van der Waals surface area contributed by atoms with E-state index in [4.69, 9.17) is 9.47 Å². The minimum absolute atomic E-state index is 0.0165. The number of benzene rings is 1. The van der Waals surface area contributed by atoms with Gasteiger partial charge in [-0.25, -0.2) is 8.42 Å².